The van der Waals surface area contributed by atoms with Gasteiger partial charge in [-0.25, -0.2) is 4.98 Å². The van der Waals surface area contributed by atoms with Crippen LogP contribution in [0.25, 0.3) is 0 Å². The fraction of sp³-hybridized carbons (Fsp3) is 0.455. The van der Waals surface area contributed by atoms with Crippen molar-refractivity contribution in [2.75, 3.05) is 26.4 Å². The van der Waals surface area contributed by atoms with E-state index in [1.54, 1.807) is 18.3 Å². The van der Waals surface area contributed by atoms with Gasteiger partial charge < -0.3 is 14.8 Å². The van der Waals surface area contributed by atoms with E-state index in [2.05, 4.69) is 26.2 Å². The molecule has 17 heavy (non-hydrogen) atoms. The predicted octanol–water partition coefficient (Wildman–Crippen LogP) is 0.989. The lowest BCUT2D eigenvalue weighted by molar-refractivity contribution is -0.0855. The summed E-state index contributed by atoms with van der Waals surface area (Å²) in [5.74, 6) is -0.167. The first-order chi connectivity index (χ1) is 8.27. The van der Waals surface area contributed by atoms with Crippen LogP contribution < -0.4 is 5.32 Å². The molecule has 6 heteroatoms. The van der Waals surface area contributed by atoms with E-state index in [4.69, 9.17) is 9.47 Å². The molecular weight excluding hydrogens is 288 g/mol. The van der Waals surface area contributed by atoms with E-state index in [-0.39, 0.29) is 12.0 Å². The quantitative estimate of drug-likeness (QED) is 0.846. The van der Waals surface area contributed by atoms with Gasteiger partial charge in [-0.05, 0) is 28.1 Å². The normalized spacial score (nSPS) is 19.9. The molecule has 1 unspecified atom stereocenters. The van der Waals surface area contributed by atoms with E-state index < -0.39 is 0 Å². The van der Waals surface area contributed by atoms with Crippen LogP contribution in [-0.2, 0) is 9.47 Å². The zero-order chi connectivity index (χ0) is 12.1. The highest BCUT2D eigenvalue weighted by Gasteiger charge is 2.16. The van der Waals surface area contributed by atoms with Crippen molar-refractivity contribution >= 4 is 21.8 Å². The third kappa shape index (κ3) is 3.49. The molecule has 1 saturated heterocycles. The predicted molar refractivity (Wildman–Crippen MR) is 64.8 cm³/mol. The summed E-state index contributed by atoms with van der Waals surface area (Å²) in [6, 6.07) is 3.44. The number of ether oxygens (including phenoxy) is 2. The van der Waals surface area contributed by atoms with Crippen molar-refractivity contribution in [1.29, 1.82) is 0 Å². The minimum atomic E-state index is -0.167. The maximum absolute atomic E-state index is 11.8. The Morgan fingerprint density at radius 2 is 2.47 bits per heavy atom. The Morgan fingerprint density at radius 1 is 1.59 bits per heavy atom. The molecule has 0 aliphatic carbocycles. The van der Waals surface area contributed by atoms with Crippen LogP contribution in [0, 0.1) is 0 Å². The van der Waals surface area contributed by atoms with Crippen LogP contribution in [0.2, 0.25) is 0 Å². The Balaban J connectivity index is 1.87. The van der Waals surface area contributed by atoms with Crippen LogP contribution >= 0.6 is 15.9 Å². The molecule has 1 N–H and O–H groups in total. The number of hydrogen-bond donors (Lipinski definition) is 1. The number of nitrogens with zero attached hydrogens (tertiary/aromatic N) is 1. The van der Waals surface area contributed by atoms with Crippen LogP contribution in [0.4, 0.5) is 0 Å². The topological polar surface area (TPSA) is 60.5 Å². The molecule has 0 spiro atoms. The molecule has 1 atom stereocenters. The molecule has 1 aliphatic rings. The summed E-state index contributed by atoms with van der Waals surface area (Å²) in [4.78, 5) is 15.8. The van der Waals surface area contributed by atoms with Crippen LogP contribution in [0.5, 0.6) is 0 Å². The molecule has 1 amide bonds. The van der Waals surface area contributed by atoms with E-state index in [9.17, 15) is 4.79 Å². The zero-order valence-electron chi connectivity index (χ0n) is 9.19. The minimum absolute atomic E-state index is 0.0665. The van der Waals surface area contributed by atoms with Crippen LogP contribution in [0.3, 0.4) is 0 Å². The van der Waals surface area contributed by atoms with Gasteiger partial charge in [-0.2, -0.15) is 0 Å². The van der Waals surface area contributed by atoms with Gasteiger partial charge in [0.05, 0.1) is 31.5 Å². The molecule has 2 heterocycles. The zero-order valence-corrected chi connectivity index (χ0v) is 10.8. The number of amides is 1. The summed E-state index contributed by atoms with van der Waals surface area (Å²) in [6.45, 7) is 2.17. The van der Waals surface area contributed by atoms with Gasteiger partial charge in [-0.15, -0.1) is 0 Å². The molecule has 0 bridgehead atoms. The number of carbonyl (C=O) groups excluding carboxylic acids is 1. The minimum Gasteiger partial charge on any atom is -0.376 e. The maximum Gasteiger partial charge on any atom is 0.254 e. The average molecular weight is 301 g/mol. The molecule has 5 nitrogen and oxygen atoms in total. The lowest BCUT2D eigenvalue weighted by Gasteiger charge is -2.23. The molecule has 0 aromatic carbocycles. The standard InChI is InChI=1S/C11H13BrN2O3/c12-10-9(2-1-3-13-10)11(15)14-6-8-7-16-4-5-17-8/h1-3,8H,4-7H2,(H,14,15). The van der Waals surface area contributed by atoms with Gasteiger partial charge in [0, 0.05) is 12.7 Å². The molecule has 0 saturated carbocycles. The molecule has 92 valence electrons. The Morgan fingerprint density at radius 3 is 3.18 bits per heavy atom. The van der Waals surface area contributed by atoms with Crippen LogP contribution in [0.15, 0.2) is 22.9 Å². The van der Waals surface area contributed by atoms with Crippen molar-refractivity contribution in [3.05, 3.63) is 28.5 Å². The summed E-state index contributed by atoms with van der Waals surface area (Å²) in [6.07, 6.45) is 1.56. The highest BCUT2D eigenvalue weighted by atomic mass is 79.9. The number of nitrogens with one attached hydrogen (secondary N) is 1. The van der Waals surface area contributed by atoms with Gasteiger partial charge in [0.2, 0.25) is 0 Å². The second-order valence-electron chi connectivity index (χ2n) is 3.62. The van der Waals surface area contributed by atoms with Gasteiger partial charge in [-0.3, -0.25) is 4.79 Å². The van der Waals surface area contributed by atoms with Gasteiger partial charge >= 0.3 is 0 Å². The number of pyridine rings is 1. The SMILES string of the molecule is O=C(NCC1COCCO1)c1cccnc1Br. The second-order valence-corrected chi connectivity index (χ2v) is 4.37. The van der Waals surface area contributed by atoms with Crippen molar-refractivity contribution < 1.29 is 14.3 Å². The van der Waals surface area contributed by atoms with E-state index in [0.29, 0.717) is 36.5 Å². The highest BCUT2D eigenvalue weighted by Crippen LogP contribution is 2.12. The van der Waals surface area contributed by atoms with E-state index in [1.165, 1.54) is 0 Å². The summed E-state index contributed by atoms with van der Waals surface area (Å²) < 4.78 is 11.2. The number of carbonyl (C=O) groups is 1. The summed E-state index contributed by atoms with van der Waals surface area (Å²) in [7, 11) is 0. The Bertz CT molecular complexity index is 394. The average Bonchev–Trinajstić information content (AvgIpc) is 2.38. The number of aromatic nitrogens is 1. The smallest absolute Gasteiger partial charge is 0.254 e. The molecule has 1 fully saturated rings. The fourth-order valence-corrected chi connectivity index (χ4v) is 1.94. The third-order valence-corrected chi connectivity index (χ3v) is 3.01. The molecular formula is C11H13BrN2O3. The molecule has 0 radical (unpaired) electrons. The third-order valence-electron chi connectivity index (χ3n) is 2.38. The number of halogens is 1. The van der Waals surface area contributed by atoms with Crippen molar-refractivity contribution in [3.8, 4) is 0 Å². The fourth-order valence-electron chi connectivity index (χ4n) is 1.51. The van der Waals surface area contributed by atoms with Gasteiger partial charge in [0.15, 0.2) is 0 Å². The first-order valence-electron chi connectivity index (χ1n) is 5.35. The number of hydrogen-bond acceptors (Lipinski definition) is 4. The van der Waals surface area contributed by atoms with Crippen molar-refractivity contribution in [1.82, 2.24) is 10.3 Å². The monoisotopic (exact) mass is 300 g/mol. The molecule has 2 rings (SSSR count). The van der Waals surface area contributed by atoms with E-state index in [0.717, 1.165) is 0 Å². The summed E-state index contributed by atoms with van der Waals surface area (Å²) in [5, 5.41) is 2.80. The first-order valence-corrected chi connectivity index (χ1v) is 6.15. The van der Waals surface area contributed by atoms with Crippen molar-refractivity contribution in [2.45, 2.75) is 6.10 Å². The Kier molecular flexibility index (Phi) is 4.47. The maximum atomic E-state index is 11.8. The molecule has 1 aromatic heterocycles. The van der Waals surface area contributed by atoms with Crippen molar-refractivity contribution in [2.24, 2.45) is 0 Å². The Hall–Kier alpha value is -0.980. The second kappa shape index (κ2) is 6.09. The summed E-state index contributed by atoms with van der Waals surface area (Å²) in [5.41, 5.74) is 0.518. The van der Waals surface area contributed by atoms with Gasteiger partial charge in [-0.1, -0.05) is 0 Å². The first kappa shape index (κ1) is 12.5. The van der Waals surface area contributed by atoms with Crippen LogP contribution in [0.1, 0.15) is 10.4 Å². The van der Waals surface area contributed by atoms with Gasteiger partial charge in [0.25, 0.3) is 5.91 Å². The van der Waals surface area contributed by atoms with E-state index in [1.807, 2.05) is 0 Å². The molecule has 1 aliphatic heterocycles. The largest absolute Gasteiger partial charge is 0.376 e. The van der Waals surface area contributed by atoms with Crippen molar-refractivity contribution in [3.63, 3.8) is 0 Å². The van der Waals surface area contributed by atoms with Crippen LogP contribution in [-0.4, -0.2) is 43.4 Å². The Labute approximate surface area is 108 Å². The summed E-state index contributed by atoms with van der Waals surface area (Å²) >= 11 is 3.24. The van der Waals surface area contributed by atoms with Gasteiger partial charge in [0.1, 0.15) is 4.60 Å². The lowest BCUT2D eigenvalue weighted by Crippen LogP contribution is -2.39. The molecule has 1 aromatic rings. The van der Waals surface area contributed by atoms with E-state index >= 15 is 0 Å². The number of rotatable bonds is 3. The highest BCUT2D eigenvalue weighted by molar-refractivity contribution is 9.10. The lowest BCUT2D eigenvalue weighted by atomic mass is 10.2.